The molecule has 8 aromatic carbocycles. The van der Waals surface area contributed by atoms with Gasteiger partial charge < -0.3 is 9.80 Å². The first-order chi connectivity index (χ1) is 25.8. The smallest absolute Gasteiger partial charge is 0.0640 e. The minimum absolute atomic E-state index is 1.12. The van der Waals surface area contributed by atoms with Crippen molar-refractivity contribution in [1.29, 1.82) is 0 Å². The Kier molecular flexibility index (Phi) is 7.56. The number of thiophene rings is 2. The van der Waals surface area contributed by atoms with E-state index in [4.69, 9.17) is 0 Å². The molecule has 4 heteroatoms. The zero-order valence-corrected chi connectivity index (χ0v) is 29.8. The van der Waals surface area contributed by atoms with Gasteiger partial charge in [-0.2, -0.15) is 0 Å². The molecule has 2 heterocycles. The molecular weight excluding hydrogens is 669 g/mol. The Bertz CT molecular complexity index is 2840. The minimum atomic E-state index is 1.12. The number of benzene rings is 8. The van der Waals surface area contributed by atoms with E-state index in [1.54, 1.807) is 0 Å². The second-order valence-corrected chi connectivity index (χ2v) is 15.1. The van der Waals surface area contributed by atoms with Crippen molar-refractivity contribution in [1.82, 2.24) is 0 Å². The Labute approximate surface area is 310 Å². The maximum atomic E-state index is 2.42. The van der Waals surface area contributed by atoms with E-state index in [-0.39, 0.29) is 0 Å². The van der Waals surface area contributed by atoms with Crippen LogP contribution in [0.4, 0.5) is 34.1 Å². The predicted molar refractivity (Wildman–Crippen MR) is 227 cm³/mol. The Morgan fingerprint density at radius 2 is 0.827 bits per heavy atom. The lowest BCUT2D eigenvalue weighted by molar-refractivity contribution is 1.29. The fourth-order valence-electron chi connectivity index (χ4n) is 7.40. The van der Waals surface area contributed by atoms with E-state index in [1.165, 1.54) is 57.2 Å². The fraction of sp³-hybridized carbons (Fsp3) is 0. The second kappa shape index (κ2) is 12.8. The van der Waals surface area contributed by atoms with Crippen LogP contribution >= 0.6 is 22.7 Å². The minimum Gasteiger partial charge on any atom is -0.310 e. The summed E-state index contributed by atoms with van der Waals surface area (Å²) in [6.07, 6.45) is 0. The fourth-order valence-corrected chi connectivity index (χ4v) is 9.73. The molecule has 0 saturated heterocycles. The highest BCUT2D eigenvalue weighted by Crippen LogP contribution is 2.47. The topological polar surface area (TPSA) is 6.48 Å². The largest absolute Gasteiger partial charge is 0.310 e. The molecule has 246 valence electrons. The van der Waals surface area contributed by atoms with Crippen molar-refractivity contribution >= 4 is 97.1 Å². The molecule has 0 aliphatic heterocycles. The normalized spacial score (nSPS) is 11.5. The lowest BCUT2D eigenvalue weighted by Crippen LogP contribution is -2.09. The Morgan fingerprint density at radius 3 is 1.60 bits per heavy atom. The second-order valence-electron chi connectivity index (χ2n) is 13.0. The summed E-state index contributed by atoms with van der Waals surface area (Å²) in [4.78, 5) is 4.78. The van der Waals surface area contributed by atoms with Crippen molar-refractivity contribution in [2.75, 3.05) is 9.80 Å². The number of para-hydroxylation sites is 2. The van der Waals surface area contributed by atoms with Crippen molar-refractivity contribution in [2.24, 2.45) is 0 Å². The van der Waals surface area contributed by atoms with Gasteiger partial charge in [-0.15, -0.1) is 22.7 Å². The SMILES string of the molecule is c1ccc(-c2ccc(N(c3ccccc3)c3ccc4sc5c(N(c6ccccc6)c6ccc7c(c6)sc6ccccc67)cccc5c4c3)cc2)cc1. The average Bonchev–Trinajstić information content (AvgIpc) is 3.78. The molecule has 10 aromatic rings. The molecule has 0 saturated carbocycles. The van der Waals surface area contributed by atoms with Gasteiger partial charge in [0, 0.05) is 64.1 Å². The Morgan fingerprint density at radius 1 is 0.288 bits per heavy atom. The summed E-state index contributed by atoms with van der Waals surface area (Å²) in [6.45, 7) is 0. The first-order valence-corrected chi connectivity index (χ1v) is 19.1. The molecule has 0 unspecified atom stereocenters. The molecule has 0 N–H and O–H groups in total. The van der Waals surface area contributed by atoms with E-state index in [0.29, 0.717) is 0 Å². The van der Waals surface area contributed by atoms with Crippen molar-refractivity contribution < 1.29 is 0 Å². The lowest BCUT2D eigenvalue weighted by atomic mass is 10.0. The summed E-state index contributed by atoms with van der Waals surface area (Å²) in [5.41, 5.74) is 9.29. The summed E-state index contributed by atoms with van der Waals surface area (Å²) < 4.78 is 5.16. The van der Waals surface area contributed by atoms with Gasteiger partial charge in [0.2, 0.25) is 0 Å². The van der Waals surface area contributed by atoms with Crippen LogP contribution < -0.4 is 9.80 Å². The third-order valence-electron chi connectivity index (χ3n) is 9.84. The van der Waals surface area contributed by atoms with Crippen LogP contribution in [0.2, 0.25) is 0 Å². The number of rotatable bonds is 7. The van der Waals surface area contributed by atoms with Gasteiger partial charge in [0.25, 0.3) is 0 Å². The maximum absolute atomic E-state index is 2.42. The van der Waals surface area contributed by atoms with Gasteiger partial charge in [-0.1, -0.05) is 115 Å². The first-order valence-electron chi connectivity index (χ1n) is 17.5. The van der Waals surface area contributed by atoms with Crippen molar-refractivity contribution in [3.63, 3.8) is 0 Å². The zero-order valence-electron chi connectivity index (χ0n) is 28.2. The van der Waals surface area contributed by atoms with Gasteiger partial charge in [0.15, 0.2) is 0 Å². The molecule has 2 nitrogen and oxygen atoms in total. The van der Waals surface area contributed by atoms with Gasteiger partial charge in [-0.3, -0.25) is 0 Å². The third-order valence-corrected chi connectivity index (χ3v) is 12.2. The number of nitrogens with zero attached hydrogens (tertiary/aromatic N) is 2. The van der Waals surface area contributed by atoms with Crippen LogP contribution in [0, 0.1) is 0 Å². The zero-order chi connectivity index (χ0) is 34.4. The summed E-state index contributed by atoms with van der Waals surface area (Å²) in [5.74, 6) is 0. The maximum Gasteiger partial charge on any atom is 0.0640 e. The van der Waals surface area contributed by atoms with Gasteiger partial charge in [0.1, 0.15) is 0 Å². The van der Waals surface area contributed by atoms with E-state index in [9.17, 15) is 0 Å². The van der Waals surface area contributed by atoms with Crippen LogP contribution in [0.5, 0.6) is 0 Å². The van der Waals surface area contributed by atoms with Gasteiger partial charge in [-0.05, 0) is 90.0 Å². The first kappa shape index (κ1) is 30.6. The van der Waals surface area contributed by atoms with Crippen LogP contribution in [0.25, 0.3) is 51.5 Å². The molecule has 0 spiro atoms. The van der Waals surface area contributed by atoms with Gasteiger partial charge in [0.05, 0.1) is 10.4 Å². The number of hydrogen-bond donors (Lipinski definition) is 0. The van der Waals surface area contributed by atoms with Crippen LogP contribution in [-0.4, -0.2) is 0 Å². The summed E-state index contributed by atoms with van der Waals surface area (Å²) >= 11 is 3.73. The molecule has 52 heavy (non-hydrogen) atoms. The molecule has 2 aromatic heterocycles. The van der Waals surface area contributed by atoms with Gasteiger partial charge >= 0.3 is 0 Å². The van der Waals surface area contributed by atoms with E-state index in [0.717, 1.165) is 28.4 Å². The summed E-state index contributed by atoms with van der Waals surface area (Å²) in [5, 5.41) is 5.15. The Balaban J connectivity index is 1.11. The summed E-state index contributed by atoms with van der Waals surface area (Å²) in [7, 11) is 0. The van der Waals surface area contributed by atoms with Crippen molar-refractivity contribution in [3.8, 4) is 11.1 Å². The van der Waals surface area contributed by atoms with E-state index < -0.39 is 0 Å². The third kappa shape index (κ3) is 5.32. The van der Waals surface area contributed by atoms with Crippen molar-refractivity contribution in [3.05, 3.63) is 194 Å². The monoisotopic (exact) mass is 700 g/mol. The molecule has 0 amide bonds. The highest BCUT2D eigenvalue weighted by molar-refractivity contribution is 7.26. The lowest BCUT2D eigenvalue weighted by Gasteiger charge is -2.26. The Hall–Kier alpha value is -6.20. The quantitative estimate of drug-likeness (QED) is 0.163. The number of fused-ring (bicyclic) bond motifs is 6. The molecule has 0 aliphatic rings. The van der Waals surface area contributed by atoms with Crippen LogP contribution in [0.1, 0.15) is 0 Å². The van der Waals surface area contributed by atoms with Crippen LogP contribution in [-0.2, 0) is 0 Å². The molecule has 0 bridgehead atoms. The standard InChI is InChI=1S/C48H32N2S2/c1-4-13-33(14-5-1)34-23-25-37(26-24-34)49(35-15-6-2-7-16-35)38-28-30-46-43(31-38)42-20-12-21-44(48(42)52-46)50(36-17-8-3-9-18-36)39-27-29-41-40-19-10-11-22-45(40)51-47(41)32-39/h1-32H. The van der Waals surface area contributed by atoms with Crippen LogP contribution in [0.15, 0.2) is 194 Å². The van der Waals surface area contributed by atoms with Crippen molar-refractivity contribution in [2.45, 2.75) is 0 Å². The van der Waals surface area contributed by atoms with E-state index in [2.05, 4.69) is 204 Å². The molecular formula is C48H32N2S2. The summed E-state index contributed by atoms with van der Waals surface area (Å²) in [6, 6.07) is 70.2. The number of anilines is 6. The molecule has 0 aliphatic carbocycles. The van der Waals surface area contributed by atoms with E-state index >= 15 is 0 Å². The molecule has 0 radical (unpaired) electrons. The highest BCUT2D eigenvalue weighted by Gasteiger charge is 2.20. The van der Waals surface area contributed by atoms with Crippen LogP contribution in [0.3, 0.4) is 0 Å². The van der Waals surface area contributed by atoms with E-state index in [1.807, 2.05) is 22.7 Å². The molecule has 0 fully saturated rings. The molecule has 0 atom stereocenters. The van der Waals surface area contributed by atoms with Gasteiger partial charge in [-0.25, -0.2) is 0 Å². The predicted octanol–water partition coefficient (Wildman–Crippen LogP) is 15.0. The average molecular weight is 701 g/mol. The number of hydrogen-bond acceptors (Lipinski definition) is 4. The highest BCUT2D eigenvalue weighted by atomic mass is 32.1. The molecule has 10 rings (SSSR count).